The van der Waals surface area contributed by atoms with Crippen molar-refractivity contribution in [3.05, 3.63) is 93.5 Å². The molecule has 30 heavy (non-hydrogen) atoms. The van der Waals surface area contributed by atoms with Gasteiger partial charge in [-0.1, -0.05) is 29.8 Å². The molecule has 0 radical (unpaired) electrons. The van der Waals surface area contributed by atoms with Gasteiger partial charge in [0.05, 0.1) is 0 Å². The van der Waals surface area contributed by atoms with Crippen molar-refractivity contribution in [1.29, 1.82) is 0 Å². The molecule has 2 amide bonds. The van der Waals surface area contributed by atoms with Crippen LogP contribution in [-0.4, -0.2) is 18.4 Å². The average Bonchev–Trinajstić information content (AvgIpc) is 2.75. The third kappa shape index (κ3) is 4.10. The topological polar surface area (TPSA) is 49.4 Å². The van der Waals surface area contributed by atoms with Crippen molar-refractivity contribution in [3.8, 4) is 0 Å². The van der Waals surface area contributed by atoms with Crippen LogP contribution in [0.5, 0.6) is 0 Å². The molecule has 152 valence electrons. The molecule has 0 saturated carbocycles. The summed E-state index contributed by atoms with van der Waals surface area (Å²) in [6.07, 6.45) is 1.68. The van der Waals surface area contributed by atoms with Crippen LogP contribution < -0.4 is 10.2 Å². The zero-order valence-corrected chi connectivity index (χ0v) is 17.8. The lowest BCUT2D eigenvalue weighted by molar-refractivity contribution is 0.0984. The van der Waals surface area contributed by atoms with Gasteiger partial charge >= 0.3 is 0 Å². The highest BCUT2D eigenvalue weighted by Gasteiger charge is 2.24. The molecular weight excluding hydrogens is 396 g/mol. The van der Waals surface area contributed by atoms with Gasteiger partial charge in [-0.05, 0) is 85.8 Å². The SMILES string of the molecule is Cc1ccc(C)c(NC(=O)c2ccc3c(c2)CCCN3C(=O)c2cccc(Cl)c2)c1. The highest BCUT2D eigenvalue weighted by Crippen LogP contribution is 2.30. The fourth-order valence-corrected chi connectivity index (χ4v) is 3.98. The highest BCUT2D eigenvalue weighted by atomic mass is 35.5. The number of hydrogen-bond acceptors (Lipinski definition) is 2. The van der Waals surface area contributed by atoms with Crippen molar-refractivity contribution < 1.29 is 9.59 Å². The van der Waals surface area contributed by atoms with Crippen molar-refractivity contribution in [2.75, 3.05) is 16.8 Å². The van der Waals surface area contributed by atoms with Crippen LogP contribution >= 0.6 is 11.6 Å². The maximum atomic E-state index is 13.0. The van der Waals surface area contributed by atoms with Crippen LogP contribution in [0.3, 0.4) is 0 Å². The van der Waals surface area contributed by atoms with Gasteiger partial charge in [0.1, 0.15) is 0 Å². The number of carbonyl (C=O) groups excluding carboxylic acids is 2. The number of halogens is 1. The summed E-state index contributed by atoms with van der Waals surface area (Å²) >= 11 is 6.06. The second kappa shape index (κ2) is 8.33. The quantitative estimate of drug-likeness (QED) is 0.584. The van der Waals surface area contributed by atoms with Gasteiger partial charge in [0.25, 0.3) is 11.8 Å². The van der Waals surface area contributed by atoms with E-state index in [-0.39, 0.29) is 11.8 Å². The molecule has 1 N–H and O–H groups in total. The monoisotopic (exact) mass is 418 g/mol. The van der Waals surface area contributed by atoms with Gasteiger partial charge in [0.15, 0.2) is 0 Å². The number of amides is 2. The zero-order valence-electron chi connectivity index (χ0n) is 17.0. The average molecular weight is 419 g/mol. The third-order valence-corrected chi connectivity index (χ3v) is 5.65. The largest absolute Gasteiger partial charge is 0.322 e. The summed E-state index contributed by atoms with van der Waals surface area (Å²) < 4.78 is 0. The van der Waals surface area contributed by atoms with Crippen molar-refractivity contribution in [3.63, 3.8) is 0 Å². The molecule has 0 spiro atoms. The first kappa shape index (κ1) is 20.2. The van der Waals surface area contributed by atoms with E-state index < -0.39 is 0 Å². The number of rotatable bonds is 3. The summed E-state index contributed by atoms with van der Waals surface area (Å²) in [5, 5.41) is 3.54. The van der Waals surface area contributed by atoms with Gasteiger partial charge in [0.2, 0.25) is 0 Å². The first-order chi connectivity index (χ1) is 14.4. The number of carbonyl (C=O) groups is 2. The Morgan fingerprint density at radius 3 is 2.60 bits per heavy atom. The molecule has 4 rings (SSSR count). The van der Waals surface area contributed by atoms with E-state index in [0.29, 0.717) is 22.7 Å². The molecule has 3 aromatic carbocycles. The number of aryl methyl sites for hydroxylation is 3. The second-order valence-corrected chi connectivity index (χ2v) is 8.12. The van der Waals surface area contributed by atoms with Crippen LogP contribution in [0.4, 0.5) is 11.4 Å². The molecule has 0 unspecified atom stereocenters. The van der Waals surface area contributed by atoms with Gasteiger partial charge in [0, 0.05) is 34.1 Å². The maximum Gasteiger partial charge on any atom is 0.258 e. The van der Waals surface area contributed by atoms with E-state index in [0.717, 1.165) is 40.9 Å². The van der Waals surface area contributed by atoms with Gasteiger partial charge in [-0.3, -0.25) is 9.59 Å². The Balaban J connectivity index is 1.59. The van der Waals surface area contributed by atoms with Crippen LogP contribution in [0.25, 0.3) is 0 Å². The van der Waals surface area contributed by atoms with Crippen molar-refractivity contribution in [1.82, 2.24) is 0 Å². The van der Waals surface area contributed by atoms with Crippen molar-refractivity contribution >= 4 is 34.8 Å². The summed E-state index contributed by atoms with van der Waals surface area (Å²) in [6, 6.07) is 18.5. The normalized spacial score (nSPS) is 13.0. The summed E-state index contributed by atoms with van der Waals surface area (Å²) in [5.41, 5.74) is 5.94. The molecule has 0 aliphatic carbocycles. The lowest BCUT2D eigenvalue weighted by Crippen LogP contribution is -2.35. The smallest absolute Gasteiger partial charge is 0.258 e. The molecule has 0 saturated heterocycles. The molecule has 0 atom stereocenters. The predicted octanol–water partition coefficient (Wildman–Crippen LogP) is 5.80. The van der Waals surface area contributed by atoms with Gasteiger partial charge in [-0.2, -0.15) is 0 Å². The number of hydrogen-bond donors (Lipinski definition) is 1. The number of fused-ring (bicyclic) bond motifs is 1. The van der Waals surface area contributed by atoms with E-state index in [1.54, 1.807) is 35.2 Å². The Morgan fingerprint density at radius 2 is 1.80 bits per heavy atom. The maximum absolute atomic E-state index is 13.0. The number of nitrogens with one attached hydrogen (secondary N) is 1. The van der Waals surface area contributed by atoms with Gasteiger partial charge in [-0.25, -0.2) is 0 Å². The van der Waals surface area contributed by atoms with E-state index >= 15 is 0 Å². The Kier molecular flexibility index (Phi) is 5.60. The van der Waals surface area contributed by atoms with E-state index in [1.807, 2.05) is 44.2 Å². The Morgan fingerprint density at radius 1 is 0.967 bits per heavy atom. The highest BCUT2D eigenvalue weighted by molar-refractivity contribution is 6.31. The molecule has 1 aliphatic rings. The van der Waals surface area contributed by atoms with Crippen LogP contribution in [0.1, 0.15) is 43.8 Å². The fourth-order valence-electron chi connectivity index (χ4n) is 3.79. The summed E-state index contributed by atoms with van der Waals surface area (Å²) in [7, 11) is 0. The molecule has 0 fully saturated rings. The Labute approximate surface area is 181 Å². The Bertz CT molecular complexity index is 1140. The minimum absolute atomic E-state index is 0.0777. The molecule has 5 heteroatoms. The lowest BCUT2D eigenvalue weighted by atomic mass is 9.98. The molecule has 1 aliphatic heterocycles. The van der Waals surface area contributed by atoms with Crippen LogP contribution in [0.15, 0.2) is 60.7 Å². The standard InChI is InChI=1S/C25H23ClN2O2/c1-16-8-9-17(2)22(13-16)27-24(29)19-10-11-23-18(14-19)6-4-12-28(23)25(30)20-5-3-7-21(26)15-20/h3,5,7-11,13-15H,4,6,12H2,1-2H3,(H,27,29). The first-order valence-electron chi connectivity index (χ1n) is 10.0. The number of nitrogens with zero attached hydrogens (tertiary/aromatic N) is 1. The molecule has 1 heterocycles. The zero-order chi connectivity index (χ0) is 21.3. The first-order valence-corrected chi connectivity index (χ1v) is 10.4. The summed E-state index contributed by atoms with van der Waals surface area (Å²) in [6.45, 7) is 4.62. The molecule has 4 nitrogen and oxygen atoms in total. The molecule has 0 bridgehead atoms. The number of benzene rings is 3. The summed E-state index contributed by atoms with van der Waals surface area (Å²) in [5.74, 6) is -0.226. The van der Waals surface area contributed by atoms with Crippen molar-refractivity contribution in [2.45, 2.75) is 26.7 Å². The van der Waals surface area contributed by atoms with Crippen LogP contribution in [-0.2, 0) is 6.42 Å². The predicted molar refractivity (Wildman–Crippen MR) is 122 cm³/mol. The molecule has 3 aromatic rings. The van der Waals surface area contributed by atoms with Gasteiger partial charge < -0.3 is 10.2 Å². The van der Waals surface area contributed by atoms with Crippen LogP contribution in [0.2, 0.25) is 5.02 Å². The van der Waals surface area contributed by atoms with E-state index in [1.165, 1.54) is 0 Å². The van der Waals surface area contributed by atoms with E-state index in [9.17, 15) is 9.59 Å². The third-order valence-electron chi connectivity index (χ3n) is 5.42. The van der Waals surface area contributed by atoms with Gasteiger partial charge in [-0.15, -0.1) is 0 Å². The second-order valence-electron chi connectivity index (χ2n) is 7.69. The molecule has 0 aromatic heterocycles. The number of anilines is 2. The van der Waals surface area contributed by atoms with E-state index in [2.05, 4.69) is 5.32 Å². The molecular formula is C25H23ClN2O2. The summed E-state index contributed by atoms with van der Waals surface area (Å²) in [4.78, 5) is 27.6. The Hall–Kier alpha value is -3.11. The fraction of sp³-hybridized carbons (Fsp3) is 0.200. The minimum Gasteiger partial charge on any atom is -0.322 e. The van der Waals surface area contributed by atoms with E-state index in [4.69, 9.17) is 11.6 Å². The lowest BCUT2D eigenvalue weighted by Gasteiger charge is -2.30. The van der Waals surface area contributed by atoms with Crippen molar-refractivity contribution in [2.24, 2.45) is 0 Å². The minimum atomic E-state index is -0.148. The van der Waals surface area contributed by atoms with Crippen LogP contribution in [0, 0.1) is 13.8 Å².